The zero-order valence-electron chi connectivity index (χ0n) is 25.4. The van der Waals surface area contributed by atoms with Crippen LogP contribution in [0.4, 0.5) is 0 Å². The maximum Gasteiger partial charge on any atom is 0.306 e. The molecule has 36 heavy (non-hydrogen) atoms. The van der Waals surface area contributed by atoms with Gasteiger partial charge in [0.1, 0.15) is 26.3 Å². The van der Waals surface area contributed by atoms with E-state index in [1.54, 1.807) is 0 Å². The second kappa shape index (κ2) is 18.5. The fraction of sp³-hybridized carbons (Fsp3) is 0.929. The van der Waals surface area contributed by atoms with Gasteiger partial charge in [0.25, 0.3) is 0 Å². The van der Waals surface area contributed by atoms with Crippen LogP contribution in [-0.2, 0) is 19.1 Å². The molecule has 0 aromatic rings. The average molecular weight is 545 g/mol. The topological polar surface area (TPSA) is 52.6 Å². The maximum absolute atomic E-state index is 12.1. The van der Waals surface area contributed by atoms with E-state index in [-0.39, 0.29) is 24.8 Å². The molecule has 0 aromatic heterocycles. The van der Waals surface area contributed by atoms with Gasteiger partial charge in [-0.2, -0.15) is 0 Å². The van der Waals surface area contributed by atoms with E-state index in [1.165, 1.54) is 49.9 Å². The number of carbonyl (C=O) groups is 2. The minimum Gasteiger partial charge on any atom is -0.460 e. The molecule has 0 aliphatic rings. The van der Waals surface area contributed by atoms with E-state index >= 15 is 0 Å². The highest BCUT2D eigenvalue weighted by molar-refractivity contribution is 6.78. The minimum atomic E-state index is -1.04. The standard InChI is InChI=1S/C28H60N2O4Si2/c1-10-26(11-2)35-24-14-18-29(5,6)20-22-33-27(31)16-17-28(32)34-23-21-30(7,8)19-15-25-36(9,12-3)13-4/h26H,10-25H2,1-9H3/q+2. The summed E-state index contributed by atoms with van der Waals surface area (Å²) in [6.45, 7) is 16.4. The van der Waals surface area contributed by atoms with Crippen LogP contribution in [-0.4, -0.2) is 106 Å². The average Bonchev–Trinajstić information content (AvgIpc) is 2.82. The van der Waals surface area contributed by atoms with Crippen LogP contribution in [0.5, 0.6) is 0 Å². The van der Waals surface area contributed by atoms with E-state index in [2.05, 4.69) is 62.4 Å². The molecule has 0 bridgehead atoms. The Hall–Kier alpha value is -0.706. The van der Waals surface area contributed by atoms with Gasteiger partial charge in [-0.25, -0.2) is 0 Å². The summed E-state index contributed by atoms with van der Waals surface area (Å²) in [4.78, 5) is 24.2. The summed E-state index contributed by atoms with van der Waals surface area (Å²) in [5.41, 5.74) is 0.883. The molecule has 0 saturated heterocycles. The lowest BCUT2D eigenvalue weighted by molar-refractivity contribution is -0.890. The molecule has 0 amide bonds. The van der Waals surface area contributed by atoms with Crippen molar-refractivity contribution in [3.05, 3.63) is 0 Å². The molecule has 0 unspecified atom stereocenters. The smallest absolute Gasteiger partial charge is 0.306 e. The zero-order valence-corrected chi connectivity index (χ0v) is 27.4. The highest BCUT2D eigenvalue weighted by Crippen LogP contribution is 2.22. The lowest BCUT2D eigenvalue weighted by Gasteiger charge is -2.31. The van der Waals surface area contributed by atoms with Crippen LogP contribution in [0.1, 0.15) is 66.2 Å². The highest BCUT2D eigenvalue weighted by atomic mass is 28.3. The van der Waals surface area contributed by atoms with Gasteiger partial charge in [-0.15, -0.1) is 0 Å². The van der Waals surface area contributed by atoms with Gasteiger partial charge >= 0.3 is 11.9 Å². The molecule has 0 atom stereocenters. The molecule has 0 N–H and O–H groups in total. The Balaban J connectivity index is 4.00. The summed E-state index contributed by atoms with van der Waals surface area (Å²) >= 11 is 0. The Kier molecular flexibility index (Phi) is 18.2. The lowest BCUT2D eigenvalue weighted by Crippen LogP contribution is -2.44. The first-order valence-corrected chi connectivity index (χ1v) is 18.9. The monoisotopic (exact) mass is 544 g/mol. The third-order valence-electron chi connectivity index (χ3n) is 8.06. The molecule has 0 aliphatic carbocycles. The number of likely N-dealkylation sites (N-methyl/N-ethyl adjacent to an activating group) is 2. The van der Waals surface area contributed by atoms with Crippen LogP contribution in [0.25, 0.3) is 0 Å². The van der Waals surface area contributed by atoms with Crippen LogP contribution in [0.2, 0.25) is 36.3 Å². The summed E-state index contributed by atoms with van der Waals surface area (Å²) < 4.78 is 12.5. The van der Waals surface area contributed by atoms with Gasteiger partial charge in [-0.3, -0.25) is 9.59 Å². The van der Waals surface area contributed by atoms with Gasteiger partial charge < -0.3 is 18.4 Å². The number of rotatable bonds is 22. The first kappa shape index (κ1) is 35.3. The Bertz CT molecular complexity index is 606. The number of hydrogen-bond acceptors (Lipinski definition) is 4. The third kappa shape index (κ3) is 17.7. The zero-order chi connectivity index (χ0) is 27.7. The predicted molar refractivity (Wildman–Crippen MR) is 156 cm³/mol. The Labute approximate surface area is 227 Å². The number of ether oxygens (including phenoxy) is 2. The van der Waals surface area contributed by atoms with Crippen LogP contribution < -0.4 is 0 Å². The Morgan fingerprint density at radius 3 is 1.61 bits per heavy atom. The second-order valence-corrected chi connectivity index (χ2v) is 19.4. The van der Waals surface area contributed by atoms with Gasteiger partial charge in [-0.05, 0) is 18.4 Å². The van der Waals surface area contributed by atoms with Gasteiger partial charge in [0, 0.05) is 9.52 Å². The van der Waals surface area contributed by atoms with Gasteiger partial charge in [-0.1, -0.05) is 71.3 Å². The van der Waals surface area contributed by atoms with Crippen molar-refractivity contribution in [2.75, 3.05) is 67.6 Å². The predicted octanol–water partition coefficient (Wildman–Crippen LogP) is 5.64. The molecule has 0 aliphatic heterocycles. The Morgan fingerprint density at radius 1 is 0.750 bits per heavy atom. The van der Waals surface area contributed by atoms with E-state index in [0.717, 1.165) is 50.2 Å². The normalized spacial score (nSPS) is 12.7. The number of carbonyl (C=O) groups excluding carboxylic acids is 2. The van der Waals surface area contributed by atoms with Crippen molar-refractivity contribution < 1.29 is 28.0 Å². The first-order chi connectivity index (χ1) is 16.8. The molecule has 2 radical (unpaired) electrons. The molecule has 0 spiro atoms. The number of quaternary nitrogens is 2. The fourth-order valence-corrected chi connectivity index (χ4v) is 7.88. The molecule has 0 fully saturated rings. The van der Waals surface area contributed by atoms with Crippen molar-refractivity contribution in [1.29, 1.82) is 0 Å². The van der Waals surface area contributed by atoms with Crippen LogP contribution >= 0.6 is 0 Å². The van der Waals surface area contributed by atoms with Crippen LogP contribution in [0.3, 0.4) is 0 Å². The molecule has 8 heteroatoms. The molecule has 0 rings (SSSR count). The van der Waals surface area contributed by atoms with Crippen molar-refractivity contribution in [3.8, 4) is 0 Å². The fourth-order valence-electron chi connectivity index (χ4n) is 4.31. The quantitative estimate of drug-likeness (QED) is 0.0766. The van der Waals surface area contributed by atoms with Crippen LogP contribution in [0, 0.1) is 0 Å². The molecule has 0 saturated carbocycles. The van der Waals surface area contributed by atoms with E-state index in [1.807, 2.05) is 0 Å². The molecular weight excluding hydrogens is 484 g/mol. The van der Waals surface area contributed by atoms with Gasteiger partial charge in [0.15, 0.2) is 0 Å². The highest BCUT2D eigenvalue weighted by Gasteiger charge is 2.24. The largest absolute Gasteiger partial charge is 0.460 e. The van der Waals surface area contributed by atoms with E-state index in [4.69, 9.17) is 9.47 Å². The van der Waals surface area contributed by atoms with Crippen molar-refractivity contribution in [3.63, 3.8) is 0 Å². The Morgan fingerprint density at radius 2 is 1.19 bits per heavy atom. The summed E-state index contributed by atoms with van der Waals surface area (Å²) in [5, 5.41) is 0. The van der Waals surface area contributed by atoms with E-state index in [0.29, 0.717) is 13.2 Å². The maximum atomic E-state index is 12.1. The van der Waals surface area contributed by atoms with Gasteiger partial charge in [0.2, 0.25) is 0 Å². The number of hydrogen-bond donors (Lipinski definition) is 0. The summed E-state index contributed by atoms with van der Waals surface area (Å²) in [7, 11) is 8.81. The van der Waals surface area contributed by atoms with Gasteiger partial charge in [0.05, 0.1) is 62.2 Å². The van der Waals surface area contributed by atoms with E-state index < -0.39 is 8.07 Å². The second-order valence-electron chi connectivity index (χ2n) is 12.1. The number of esters is 2. The SMILES string of the molecule is CCC(CC)[Si]CCC[N+](C)(C)CCOC(=O)CCC(=O)OCC[N+](C)(C)CCC[Si](C)(CC)CC. The van der Waals surface area contributed by atoms with E-state index in [9.17, 15) is 9.59 Å². The molecule has 0 aromatic carbocycles. The van der Waals surface area contributed by atoms with Crippen molar-refractivity contribution in [2.24, 2.45) is 0 Å². The first-order valence-electron chi connectivity index (χ1n) is 14.5. The molecule has 6 nitrogen and oxygen atoms in total. The molecular formula is C28H60N2O4Si2+2. The third-order valence-corrected chi connectivity index (χ3v) is 15.1. The van der Waals surface area contributed by atoms with Crippen molar-refractivity contribution in [1.82, 2.24) is 0 Å². The summed E-state index contributed by atoms with van der Waals surface area (Å²) in [6.07, 6.45) is 5.22. The summed E-state index contributed by atoms with van der Waals surface area (Å²) in [5.74, 6) is -0.615. The van der Waals surface area contributed by atoms with Crippen LogP contribution in [0.15, 0.2) is 0 Å². The van der Waals surface area contributed by atoms with Crippen molar-refractivity contribution in [2.45, 2.75) is 102 Å². The number of nitrogens with zero attached hydrogens (tertiary/aromatic N) is 2. The van der Waals surface area contributed by atoms with Crippen molar-refractivity contribution >= 4 is 29.5 Å². The summed E-state index contributed by atoms with van der Waals surface area (Å²) in [6, 6.07) is 5.38. The molecule has 212 valence electrons. The minimum absolute atomic E-state index is 0.0955. The molecule has 0 heterocycles. The lowest BCUT2D eigenvalue weighted by atomic mass is 10.3.